The number of aromatic nitrogens is 5. The average Bonchev–Trinajstić information content (AvgIpc) is 2.86. The van der Waals surface area contributed by atoms with Gasteiger partial charge in [0.25, 0.3) is 0 Å². The first-order valence-corrected chi connectivity index (χ1v) is 6.23. The number of hydrogen-bond acceptors (Lipinski definition) is 5. The minimum absolute atomic E-state index is 0.474. The first-order chi connectivity index (χ1) is 8.63. The van der Waals surface area contributed by atoms with E-state index in [0.29, 0.717) is 5.82 Å². The van der Waals surface area contributed by atoms with Crippen LogP contribution < -0.4 is 5.73 Å². The normalized spacial score (nSPS) is 11.2. The first kappa shape index (κ1) is 11.1. The number of imidazole rings is 1. The van der Waals surface area contributed by atoms with Crippen molar-refractivity contribution in [2.45, 2.75) is 17.0 Å². The second-order valence-electron chi connectivity index (χ2n) is 3.98. The fourth-order valence-electron chi connectivity index (χ4n) is 1.77. The number of hydrogen-bond donors (Lipinski definition) is 1. The minimum atomic E-state index is 0.474. The molecule has 0 aliphatic rings. The summed E-state index contributed by atoms with van der Waals surface area (Å²) in [5.74, 6) is 0.474. The summed E-state index contributed by atoms with van der Waals surface area (Å²) in [6, 6.07) is 2.01. The highest BCUT2D eigenvalue weighted by atomic mass is 32.2. The van der Waals surface area contributed by atoms with Gasteiger partial charge in [-0.15, -0.1) is 0 Å². The van der Waals surface area contributed by atoms with Crippen LogP contribution in [0.4, 0.5) is 5.82 Å². The summed E-state index contributed by atoms with van der Waals surface area (Å²) >= 11 is 1.51. The lowest BCUT2D eigenvalue weighted by Crippen LogP contribution is -1.98. The molecule has 0 aliphatic carbocycles. The predicted octanol–water partition coefficient (Wildman–Crippen LogP) is 1.50. The van der Waals surface area contributed by atoms with Gasteiger partial charge in [-0.05, 0) is 24.8 Å². The van der Waals surface area contributed by atoms with Crippen molar-refractivity contribution >= 4 is 23.2 Å². The SMILES string of the molecule is Cc1cc(Sc2nc(N)cn3ccnc23)n(C)n1. The van der Waals surface area contributed by atoms with Gasteiger partial charge in [-0.3, -0.25) is 4.68 Å². The van der Waals surface area contributed by atoms with Crippen molar-refractivity contribution in [3.63, 3.8) is 0 Å². The van der Waals surface area contributed by atoms with Gasteiger partial charge in [-0.1, -0.05) is 0 Å². The molecule has 6 nitrogen and oxygen atoms in total. The molecule has 3 rings (SSSR count). The number of anilines is 1. The molecule has 2 N–H and O–H groups in total. The summed E-state index contributed by atoms with van der Waals surface area (Å²) in [6.07, 6.45) is 5.34. The van der Waals surface area contributed by atoms with Crippen molar-refractivity contribution in [1.82, 2.24) is 24.1 Å². The Bertz CT molecular complexity index is 713. The van der Waals surface area contributed by atoms with E-state index in [1.165, 1.54) is 11.8 Å². The van der Waals surface area contributed by atoms with Gasteiger partial charge in [0, 0.05) is 19.4 Å². The number of nitrogens with two attached hydrogens (primary N) is 1. The fraction of sp³-hybridized carbons (Fsp3) is 0.182. The van der Waals surface area contributed by atoms with Crippen molar-refractivity contribution in [1.29, 1.82) is 0 Å². The van der Waals surface area contributed by atoms with Crippen LogP contribution in [-0.2, 0) is 7.05 Å². The third-order valence-corrected chi connectivity index (χ3v) is 3.58. The zero-order chi connectivity index (χ0) is 12.7. The number of nitrogens with zero attached hydrogens (tertiary/aromatic N) is 5. The van der Waals surface area contributed by atoms with E-state index >= 15 is 0 Å². The molecule has 0 atom stereocenters. The third-order valence-electron chi connectivity index (χ3n) is 2.52. The van der Waals surface area contributed by atoms with Gasteiger partial charge in [0.1, 0.15) is 15.9 Å². The molecular weight excluding hydrogens is 248 g/mol. The Hall–Kier alpha value is -2.02. The van der Waals surface area contributed by atoms with Crippen LogP contribution >= 0.6 is 11.8 Å². The topological polar surface area (TPSA) is 74.0 Å². The van der Waals surface area contributed by atoms with E-state index in [-0.39, 0.29) is 0 Å². The molecule has 18 heavy (non-hydrogen) atoms. The predicted molar refractivity (Wildman–Crippen MR) is 69.5 cm³/mol. The van der Waals surface area contributed by atoms with E-state index < -0.39 is 0 Å². The van der Waals surface area contributed by atoms with Gasteiger partial charge < -0.3 is 10.1 Å². The zero-order valence-electron chi connectivity index (χ0n) is 10.0. The minimum Gasteiger partial charge on any atom is -0.382 e. The van der Waals surface area contributed by atoms with Crippen LogP contribution in [0, 0.1) is 6.92 Å². The molecule has 3 aromatic heterocycles. The van der Waals surface area contributed by atoms with E-state index in [1.54, 1.807) is 12.4 Å². The van der Waals surface area contributed by atoms with Gasteiger partial charge in [-0.25, -0.2) is 9.97 Å². The van der Waals surface area contributed by atoms with Gasteiger partial charge in [0.15, 0.2) is 5.65 Å². The van der Waals surface area contributed by atoms with E-state index in [9.17, 15) is 0 Å². The first-order valence-electron chi connectivity index (χ1n) is 5.41. The number of aryl methyl sites for hydroxylation is 2. The van der Waals surface area contributed by atoms with Gasteiger partial charge in [0.05, 0.1) is 11.9 Å². The standard InChI is InChI=1S/C11H12N6S/c1-7-5-9(16(2)15-7)18-11-10-13-3-4-17(10)6-8(12)14-11/h3-6H,12H2,1-2H3. The van der Waals surface area contributed by atoms with E-state index in [1.807, 2.05) is 35.3 Å². The smallest absolute Gasteiger partial charge is 0.170 e. The van der Waals surface area contributed by atoms with Crippen LogP contribution in [0.3, 0.4) is 0 Å². The summed E-state index contributed by atoms with van der Waals surface area (Å²) in [4.78, 5) is 8.62. The van der Waals surface area contributed by atoms with E-state index in [0.717, 1.165) is 21.4 Å². The highest BCUT2D eigenvalue weighted by molar-refractivity contribution is 7.99. The molecule has 0 saturated heterocycles. The molecule has 3 aromatic rings. The maximum atomic E-state index is 5.79. The zero-order valence-corrected chi connectivity index (χ0v) is 10.8. The molecule has 0 unspecified atom stereocenters. The van der Waals surface area contributed by atoms with Crippen molar-refractivity contribution < 1.29 is 0 Å². The van der Waals surface area contributed by atoms with Gasteiger partial charge in [0.2, 0.25) is 0 Å². The maximum absolute atomic E-state index is 5.79. The summed E-state index contributed by atoms with van der Waals surface area (Å²) in [7, 11) is 1.91. The number of nitrogen functional groups attached to an aromatic ring is 1. The molecule has 92 valence electrons. The molecule has 0 spiro atoms. The van der Waals surface area contributed by atoms with Crippen LogP contribution in [0.2, 0.25) is 0 Å². The highest BCUT2D eigenvalue weighted by Crippen LogP contribution is 2.29. The van der Waals surface area contributed by atoms with Crippen LogP contribution in [0.25, 0.3) is 5.65 Å². The lowest BCUT2D eigenvalue weighted by atomic mass is 10.5. The molecule has 7 heteroatoms. The Morgan fingerprint density at radius 1 is 1.39 bits per heavy atom. The Kier molecular flexibility index (Phi) is 2.48. The second-order valence-corrected chi connectivity index (χ2v) is 4.99. The Balaban J connectivity index is 2.09. The maximum Gasteiger partial charge on any atom is 0.170 e. The molecule has 3 heterocycles. The van der Waals surface area contributed by atoms with Crippen LogP contribution in [0.1, 0.15) is 5.69 Å². The van der Waals surface area contributed by atoms with Crippen molar-refractivity contribution in [2.75, 3.05) is 5.73 Å². The molecule has 0 fully saturated rings. The Morgan fingerprint density at radius 2 is 2.22 bits per heavy atom. The van der Waals surface area contributed by atoms with Crippen molar-refractivity contribution in [2.24, 2.45) is 7.05 Å². The summed E-state index contributed by atoms with van der Waals surface area (Å²) in [5, 5.41) is 6.10. The lowest BCUT2D eigenvalue weighted by Gasteiger charge is -2.04. The molecule has 0 bridgehead atoms. The quantitative estimate of drug-likeness (QED) is 0.756. The molecule has 0 radical (unpaired) electrons. The fourth-order valence-corrected chi connectivity index (χ4v) is 2.77. The van der Waals surface area contributed by atoms with E-state index in [4.69, 9.17) is 5.73 Å². The Labute approximate surface area is 108 Å². The largest absolute Gasteiger partial charge is 0.382 e. The average molecular weight is 260 g/mol. The highest BCUT2D eigenvalue weighted by Gasteiger charge is 2.11. The van der Waals surface area contributed by atoms with Crippen LogP contribution in [0.15, 0.2) is 34.7 Å². The van der Waals surface area contributed by atoms with Gasteiger partial charge in [-0.2, -0.15) is 5.10 Å². The van der Waals surface area contributed by atoms with Crippen LogP contribution in [-0.4, -0.2) is 24.1 Å². The Morgan fingerprint density at radius 3 is 2.94 bits per heavy atom. The molecule has 0 aliphatic heterocycles. The number of fused-ring (bicyclic) bond motifs is 1. The summed E-state index contributed by atoms with van der Waals surface area (Å²) in [6.45, 7) is 1.96. The summed E-state index contributed by atoms with van der Waals surface area (Å²) in [5.41, 5.74) is 7.56. The second kappa shape index (κ2) is 4.02. The van der Waals surface area contributed by atoms with Gasteiger partial charge >= 0.3 is 0 Å². The third kappa shape index (κ3) is 1.82. The molecule has 0 amide bonds. The van der Waals surface area contributed by atoms with Crippen molar-refractivity contribution in [3.05, 3.63) is 30.4 Å². The molecule has 0 saturated carbocycles. The molecule has 0 aromatic carbocycles. The van der Waals surface area contributed by atoms with E-state index in [2.05, 4.69) is 15.1 Å². The summed E-state index contributed by atoms with van der Waals surface area (Å²) < 4.78 is 3.69. The number of rotatable bonds is 2. The van der Waals surface area contributed by atoms with Crippen LogP contribution in [0.5, 0.6) is 0 Å². The monoisotopic (exact) mass is 260 g/mol. The molecular formula is C11H12N6S. The lowest BCUT2D eigenvalue weighted by molar-refractivity contribution is 0.692. The van der Waals surface area contributed by atoms with Crippen molar-refractivity contribution in [3.8, 4) is 0 Å².